The molecular formula is C21H21Cl2N3O3. The third-order valence-electron chi connectivity index (χ3n) is 5.38. The molecule has 8 heteroatoms. The van der Waals surface area contributed by atoms with Gasteiger partial charge in [0, 0.05) is 31.9 Å². The van der Waals surface area contributed by atoms with Gasteiger partial charge >= 0.3 is 0 Å². The van der Waals surface area contributed by atoms with Gasteiger partial charge in [0.2, 0.25) is 0 Å². The molecule has 0 bridgehead atoms. The lowest BCUT2D eigenvalue weighted by atomic mass is 10.1. The molecule has 0 unspecified atom stereocenters. The number of imide groups is 1. The standard InChI is InChI=1S/C21H21Cl2N3O3/c1-29-15-5-3-14(4-6-15)25-8-2-7-24(9-10-25)13-26-20(27)16-11-18(22)19(23)12-17(16)21(26)28/h3-6,11-12H,2,7-10,13H2,1H3. The van der Waals surface area contributed by atoms with Gasteiger partial charge in [0.1, 0.15) is 5.75 Å². The lowest BCUT2D eigenvalue weighted by Crippen LogP contribution is -2.42. The minimum absolute atomic E-state index is 0.262. The van der Waals surface area contributed by atoms with E-state index < -0.39 is 0 Å². The molecule has 0 atom stereocenters. The third-order valence-corrected chi connectivity index (χ3v) is 6.10. The molecule has 29 heavy (non-hydrogen) atoms. The molecule has 0 aliphatic carbocycles. The molecule has 1 fully saturated rings. The highest BCUT2D eigenvalue weighted by Gasteiger charge is 2.37. The summed E-state index contributed by atoms with van der Waals surface area (Å²) in [6.45, 7) is 3.55. The Kier molecular flexibility index (Phi) is 5.67. The molecule has 0 radical (unpaired) electrons. The minimum Gasteiger partial charge on any atom is -0.497 e. The second-order valence-corrected chi connectivity index (χ2v) is 7.96. The van der Waals surface area contributed by atoms with Crippen LogP contribution in [0.5, 0.6) is 5.75 Å². The van der Waals surface area contributed by atoms with Gasteiger partial charge < -0.3 is 9.64 Å². The van der Waals surface area contributed by atoms with E-state index in [9.17, 15) is 9.59 Å². The van der Waals surface area contributed by atoms with E-state index in [-0.39, 0.29) is 28.5 Å². The molecule has 6 nitrogen and oxygen atoms in total. The summed E-state index contributed by atoms with van der Waals surface area (Å²) in [4.78, 5) is 31.2. The van der Waals surface area contributed by atoms with E-state index in [4.69, 9.17) is 27.9 Å². The molecule has 0 N–H and O–H groups in total. The zero-order chi connectivity index (χ0) is 20.5. The van der Waals surface area contributed by atoms with Crippen molar-refractivity contribution in [2.45, 2.75) is 6.42 Å². The Balaban J connectivity index is 1.43. The molecule has 2 aliphatic rings. The zero-order valence-electron chi connectivity index (χ0n) is 16.0. The van der Waals surface area contributed by atoms with Gasteiger partial charge in [-0.05, 0) is 42.8 Å². The number of nitrogens with zero attached hydrogens (tertiary/aromatic N) is 3. The first kappa shape index (κ1) is 20.0. The van der Waals surface area contributed by atoms with Gasteiger partial charge in [0.15, 0.2) is 0 Å². The van der Waals surface area contributed by atoms with Crippen LogP contribution in [-0.2, 0) is 0 Å². The Morgan fingerprint density at radius 2 is 1.52 bits per heavy atom. The van der Waals surface area contributed by atoms with Crippen LogP contribution in [0.15, 0.2) is 36.4 Å². The number of methoxy groups -OCH3 is 1. The zero-order valence-corrected chi connectivity index (χ0v) is 17.5. The van der Waals surface area contributed by atoms with E-state index in [1.165, 1.54) is 17.0 Å². The van der Waals surface area contributed by atoms with E-state index >= 15 is 0 Å². The van der Waals surface area contributed by atoms with Crippen LogP contribution in [0.4, 0.5) is 5.69 Å². The molecule has 4 rings (SSSR count). The highest BCUT2D eigenvalue weighted by atomic mass is 35.5. The number of halogens is 2. The fourth-order valence-electron chi connectivity index (χ4n) is 3.78. The molecule has 152 valence electrons. The maximum Gasteiger partial charge on any atom is 0.262 e. The van der Waals surface area contributed by atoms with Crippen molar-refractivity contribution in [3.63, 3.8) is 0 Å². The molecule has 2 aromatic rings. The first-order valence-corrected chi connectivity index (χ1v) is 10.2. The Morgan fingerprint density at radius 1 is 0.897 bits per heavy atom. The van der Waals surface area contributed by atoms with Crippen molar-refractivity contribution in [3.05, 3.63) is 57.6 Å². The van der Waals surface area contributed by atoms with E-state index in [0.29, 0.717) is 11.1 Å². The first-order chi connectivity index (χ1) is 14.0. The van der Waals surface area contributed by atoms with Crippen LogP contribution in [0, 0.1) is 0 Å². The minimum atomic E-state index is -0.320. The van der Waals surface area contributed by atoms with Gasteiger partial charge in [0.25, 0.3) is 11.8 Å². The SMILES string of the molecule is COc1ccc(N2CCCN(CN3C(=O)c4cc(Cl)c(Cl)cc4C3=O)CC2)cc1. The van der Waals surface area contributed by atoms with Crippen LogP contribution in [-0.4, -0.2) is 61.6 Å². The summed E-state index contributed by atoms with van der Waals surface area (Å²) >= 11 is 12.0. The van der Waals surface area contributed by atoms with Crippen LogP contribution in [0.3, 0.4) is 0 Å². The van der Waals surface area contributed by atoms with Crippen LogP contribution in [0.2, 0.25) is 10.0 Å². The second kappa shape index (κ2) is 8.22. The van der Waals surface area contributed by atoms with Crippen molar-refractivity contribution in [3.8, 4) is 5.75 Å². The quantitative estimate of drug-likeness (QED) is 0.686. The molecule has 0 aromatic heterocycles. The fraction of sp³-hybridized carbons (Fsp3) is 0.333. The predicted molar refractivity (Wildman–Crippen MR) is 113 cm³/mol. The van der Waals surface area contributed by atoms with Crippen LogP contribution in [0.1, 0.15) is 27.1 Å². The summed E-state index contributed by atoms with van der Waals surface area (Å²) in [5, 5.41) is 0.552. The number of anilines is 1. The van der Waals surface area contributed by atoms with Crippen molar-refractivity contribution in [2.24, 2.45) is 0 Å². The number of carbonyl (C=O) groups is 2. The summed E-state index contributed by atoms with van der Waals surface area (Å²) in [6.07, 6.45) is 0.937. The van der Waals surface area contributed by atoms with Crippen LogP contribution < -0.4 is 9.64 Å². The topological polar surface area (TPSA) is 53.1 Å². The van der Waals surface area contributed by atoms with E-state index in [0.717, 1.165) is 44.0 Å². The van der Waals surface area contributed by atoms with E-state index in [1.54, 1.807) is 7.11 Å². The van der Waals surface area contributed by atoms with Crippen molar-refractivity contribution in [2.75, 3.05) is 44.9 Å². The molecule has 2 aromatic carbocycles. The Morgan fingerprint density at radius 3 is 2.10 bits per heavy atom. The first-order valence-electron chi connectivity index (χ1n) is 9.44. The monoisotopic (exact) mass is 433 g/mol. The average Bonchev–Trinajstić information content (AvgIpc) is 2.89. The Labute approximate surface area is 179 Å². The Bertz CT molecular complexity index is 908. The third kappa shape index (κ3) is 3.92. The number of amides is 2. The number of rotatable bonds is 4. The lowest BCUT2D eigenvalue weighted by Gasteiger charge is -2.26. The van der Waals surface area contributed by atoms with Gasteiger partial charge in [-0.15, -0.1) is 0 Å². The van der Waals surface area contributed by atoms with Crippen molar-refractivity contribution < 1.29 is 14.3 Å². The Hall–Kier alpha value is -2.28. The smallest absolute Gasteiger partial charge is 0.262 e. The van der Waals surface area contributed by atoms with Gasteiger partial charge in [-0.1, -0.05) is 23.2 Å². The van der Waals surface area contributed by atoms with E-state index in [1.807, 2.05) is 24.3 Å². The number of carbonyl (C=O) groups excluding carboxylic acids is 2. The number of ether oxygens (including phenoxy) is 1. The number of fused-ring (bicyclic) bond motifs is 1. The predicted octanol–water partition coefficient (Wildman–Crippen LogP) is 3.77. The van der Waals surface area contributed by atoms with Gasteiger partial charge in [-0.3, -0.25) is 19.4 Å². The number of hydrogen-bond donors (Lipinski definition) is 0. The fourth-order valence-corrected chi connectivity index (χ4v) is 4.10. The molecular weight excluding hydrogens is 413 g/mol. The summed E-state index contributed by atoms with van der Waals surface area (Å²) < 4.78 is 5.22. The normalized spacial score (nSPS) is 17.5. The maximum absolute atomic E-state index is 12.7. The maximum atomic E-state index is 12.7. The van der Waals surface area contributed by atoms with Crippen molar-refractivity contribution in [1.29, 1.82) is 0 Å². The highest BCUT2D eigenvalue weighted by Crippen LogP contribution is 2.31. The van der Waals surface area contributed by atoms with Gasteiger partial charge in [-0.2, -0.15) is 0 Å². The van der Waals surface area contributed by atoms with Crippen molar-refractivity contribution in [1.82, 2.24) is 9.80 Å². The van der Waals surface area contributed by atoms with Gasteiger partial charge in [0.05, 0.1) is 35.0 Å². The lowest BCUT2D eigenvalue weighted by molar-refractivity contribution is 0.0548. The number of hydrogen-bond acceptors (Lipinski definition) is 5. The van der Waals surface area contributed by atoms with E-state index in [2.05, 4.69) is 9.80 Å². The van der Waals surface area contributed by atoms with Gasteiger partial charge in [-0.25, -0.2) is 0 Å². The number of benzene rings is 2. The molecule has 2 amide bonds. The second-order valence-electron chi connectivity index (χ2n) is 7.15. The summed E-state index contributed by atoms with van der Waals surface area (Å²) in [5.41, 5.74) is 1.77. The van der Waals surface area contributed by atoms with Crippen LogP contribution >= 0.6 is 23.2 Å². The molecule has 1 saturated heterocycles. The highest BCUT2D eigenvalue weighted by molar-refractivity contribution is 6.43. The summed E-state index contributed by atoms with van der Waals surface area (Å²) in [6, 6.07) is 11.0. The molecule has 0 spiro atoms. The van der Waals surface area contributed by atoms with Crippen LogP contribution in [0.25, 0.3) is 0 Å². The molecule has 2 aliphatic heterocycles. The van der Waals surface area contributed by atoms with Crippen molar-refractivity contribution >= 4 is 40.7 Å². The summed E-state index contributed by atoms with van der Waals surface area (Å²) in [7, 11) is 1.65. The average molecular weight is 434 g/mol. The largest absolute Gasteiger partial charge is 0.497 e. The molecule has 0 saturated carbocycles. The molecule has 2 heterocycles. The summed E-state index contributed by atoms with van der Waals surface area (Å²) in [5.74, 6) is 0.190.